The number of carbonyl (C=O) groups is 2. The van der Waals surface area contributed by atoms with E-state index < -0.39 is 16.1 Å². The zero-order valence-electron chi connectivity index (χ0n) is 31.0. The van der Waals surface area contributed by atoms with E-state index in [2.05, 4.69) is 79.9 Å². The molecule has 0 unspecified atom stereocenters. The third-order valence-electron chi connectivity index (χ3n) is 9.99. The highest BCUT2D eigenvalue weighted by Crippen LogP contribution is 2.24. The summed E-state index contributed by atoms with van der Waals surface area (Å²) in [5.41, 5.74) is 1.80. The van der Waals surface area contributed by atoms with Gasteiger partial charge in [-0.05, 0) is 50.2 Å². The first-order valence-corrected chi connectivity index (χ1v) is 25.1. The Morgan fingerprint density at radius 3 is 1.02 bits per heavy atom. The lowest BCUT2D eigenvalue weighted by molar-refractivity contribution is 0.0762. The molecule has 0 spiro atoms. The lowest BCUT2D eigenvalue weighted by Crippen LogP contribution is -2.53. The number of benzene rings is 1. The third kappa shape index (κ3) is 12.8. The van der Waals surface area contributed by atoms with E-state index in [4.69, 9.17) is 0 Å². The van der Waals surface area contributed by atoms with Crippen LogP contribution in [0.1, 0.15) is 152 Å². The van der Waals surface area contributed by atoms with Crippen molar-refractivity contribution >= 4 is 38.3 Å². The average Bonchev–Trinajstić information content (AvgIpc) is 3.00. The minimum absolute atomic E-state index is 0.161. The molecule has 0 aromatic heterocycles. The second-order valence-corrected chi connectivity index (χ2v) is 24.0. The second kappa shape index (κ2) is 21.4. The molecule has 254 valence electrons. The van der Waals surface area contributed by atoms with Crippen molar-refractivity contribution < 1.29 is 9.59 Å². The van der Waals surface area contributed by atoms with Gasteiger partial charge in [-0.25, -0.2) is 0 Å². The summed E-state index contributed by atoms with van der Waals surface area (Å²) in [7, 11) is -3.99. The van der Waals surface area contributed by atoms with Crippen molar-refractivity contribution in [1.29, 1.82) is 0 Å². The van der Waals surface area contributed by atoms with Gasteiger partial charge in [0.05, 0.1) is 16.1 Å². The van der Waals surface area contributed by atoms with Gasteiger partial charge in [0.15, 0.2) is 0 Å². The molecule has 0 radical (unpaired) electrons. The minimum Gasteiger partial charge on any atom is -0.339 e. The zero-order valence-corrected chi connectivity index (χ0v) is 33.0. The fourth-order valence-corrected chi connectivity index (χ4v) is 12.4. The second-order valence-electron chi connectivity index (χ2n) is 14.4. The molecule has 0 heterocycles. The Morgan fingerprint density at radius 2 is 0.750 bits per heavy atom. The number of unbranched alkanes of at least 4 members (excludes halogenated alkanes) is 12. The molecule has 1 aromatic carbocycles. The van der Waals surface area contributed by atoms with E-state index in [1.165, 1.54) is 100 Å². The predicted octanol–water partition coefficient (Wildman–Crippen LogP) is 9.98. The van der Waals surface area contributed by atoms with Crippen molar-refractivity contribution in [3.05, 3.63) is 23.3 Å². The maximum Gasteiger partial charge on any atom is 0.253 e. The highest BCUT2D eigenvalue weighted by atomic mass is 28.3. The van der Waals surface area contributed by atoms with Crippen molar-refractivity contribution in [2.24, 2.45) is 0 Å². The Hall–Kier alpha value is -1.41. The van der Waals surface area contributed by atoms with Crippen LogP contribution in [0, 0.1) is 0 Å². The molecule has 0 saturated carbocycles. The van der Waals surface area contributed by atoms with Crippen LogP contribution in [0.15, 0.2) is 12.1 Å². The fourth-order valence-electron chi connectivity index (χ4n) is 6.75. The quantitative estimate of drug-likeness (QED) is 0.0830. The summed E-state index contributed by atoms with van der Waals surface area (Å²) >= 11 is 0. The predicted molar refractivity (Wildman–Crippen MR) is 201 cm³/mol. The number of amides is 2. The number of nitrogens with zero attached hydrogens (tertiary/aromatic N) is 2. The van der Waals surface area contributed by atoms with E-state index >= 15 is 0 Å². The van der Waals surface area contributed by atoms with E-state index in [0.29, 0.717) is 26.2 Å². The SMILES string of the molecule is CCCCCCCCCC[Si](C)(C)c1cc(C(=O)N(CC)CC)c([Si](C)(C)CCCCCCCC)cc1C(=O)N(CC)CC. The molecule has 1 aromatic rings. The Kier molecular flexibility index (Phi) is 19.8. The maximum absolute atomic E-state index is 14.2. The summed E-state index contributed by atoms with van der Waals surface area (Å²) in [6.45, 7) is 25.5. The standard InChI is InChI=1S/C38H72N2O2Si2/c1-11-17-19-21-23-24-26-28-30-44(9,10)36-32-33(37(41)39(13-3)14-4)35(31-34(36)38(42)40(15-5)16-6)43(7,8)29-27-25-22-20-18-12-2/h31-32H,11-30H2,1-10H3. The number of hydrogen-bond donors (Lipinski definition) is 0. The van der Waals surface area contributed by atoms with Gasteiger partial charge in [0, 0.05) is 37.3 Å². The van der Waals surface area contributed by atoms with Crippen LogP contribution >= 0.6 is 0 Å². The smallest absolute Gasteiger partial charge is 0.253 e. The molecule has 0 saturated heterocycles. The van der Waals surface area contributed by atoms with Gasteiger partial charge in [-0.15, -0.1) is 0 Å². The molecular formula is C38H72N2O2Si2. The van der Waals surface area contributed by atoms with Gasteiger partial charge in [0.2, 0.25) is 0 Å². The maximum atomic E-state index is 14.2. The van der Waals surface area contributed by atoms with Gasteiger partial charge < -0.3 is 9.80 Å². The van der Waals surface area contributed by atoms with E-state index in [-0.39, 0.29) is 11.8 Å². The van der Waals surface area contributed by atoms with Gasteiger partial charge >= 0.3 is 0 Å². The molecule has 0 aliphatic rings. The monoisotopic (exact) mass is 645 g/mol. The van der Waals surface area contributed by atoms with Gasteiger partial charge in [0.1, 0.15) is 0 Å². The van der Waals surface area contributed by atoms with E-state index in [0.717, 1.165) is 23.2 Å². The number of rotatable bonds is 24. The molecule has 44 heavy (non-hydrogen) atoms. The molecule has 0 fully saturated rings. The summed E-state index contributed by atoms with van der Waals surface area (Å²) in [6.07, 6.45) is 18.2. The zero-order chi connectivity index (χ0) is 33.2. The molecular weight excluding hydrogens is 573 g/mol. The van der Waals surface area contributed by atoms with Gasteiger partial charge in [0.25, 0.3) is 11.8 Å². The van der Waals surface area contributed by atoms with Crippen LogP contribution in [0.4, 0.5) is 0 Å². The molecule has 1 rings (SSSR count). The Balaban J connectivity index is 3.56. The van der Waals surface area contributed by atoms with Crippen LogP contribution in [0.3, 0.4) is 0 Å². The van der Waals surface area contributed by atoms with Crippen LogP contribution in [0.2, 0.25) is 38.3 Å². The van der Waals surface area contributed by atoms with Crippen molar-refractivity contribution in [3.8, 4) is 0 Å². The summed E-state index contributed by atoms with van der Waals surface area (Å²) in [6, 6.07) is 6.82. The van der Waals surface area contributed by atoms with Crippen molar-refractivity contribution in [2.75, 3.05) is 26.2 Å². The lowest BCUT2D eigenvalue weighted by Gasteiger charge is -2.33. The van der Waals surface area contributed by atoms with Crippen LogP contribution in [0.25, 0.3) is 0 Å². The lowest BCUT2D eigenvalue weighted by atomic mass is 10.1. The first-order valence-electron chi connectivity index (χ1n) is 18.7. The normalized spacial score (nSPS) is 12.0. The highest BCUT2D eigenvalue weighted by Gasteiger charge is 2.36. The fraction of sp³-hybridized carbons (Fsp3) is 0.789. The van der Waals surface area contributed by atoms with Crippen molar-refractivity contribution in [1.82, 2.24) is 9.80 Å². The first-order chi connectivity index (χ1) is 20.9. The number of carbonyl (C=O) groups excluding carboxylic acids is 2. The summed E-state index contributed by atoms with van der Waals surface area (Å²) in [5, 5.41) is 2.42. The van der Waals surface area contributed by atoms with E-state index in [1.807, 2.05) is 9.80 Å². The third-order valence-corrected chi connectivity index (χ3v) is 16.9. The van der Waals surface area contributed by atoms with Crippen LogP contribution in [-0.2, 0) is 0 Å². The topological polar surface area (TPSA) is 40.6 Å². The number of hydrogen-bond acceptors (Lipinski definition) is 2. The van der Waals surface area contributed by atoms with Crippen molar-refractivity contribution in [3.63, 3.8) is 0 Å². The highest BCUT2D eigenvalue weighted by molar-refractivity contribution is 6.92. The Morgan fingerprint density at radius 1 is 0.477 bits per heavy atom. The molecule has 6 heteroatoms. The molecule has 0 aliphatic heterocycles. The van der Waals surface area contributed by atoms with E-state index in [1.54, 1.807) is 0 Å². The van der Waals surface area contributed by atoms with Gasteiger partial charge in [-0.2, -0.15) is 0 Å². The summed E-state index contributed by atoms with van der Waals surface area (Å²) in [5.74, 6) is 0.322. The van der Waals surface area contributed by atoms with Gasteiger partial charge in [-0.3, -0.25) is 9.59 Å². The van der Waals surface area contributed by atoms with Crippen LogP contribution in [0.5, 0.6) is 0 Å². The molecule has 4 nitrogen and oxygen atoms in total. The average molecular weight is 645 g/mol. The summed E-state index contributed by atoms with van der Waals surface area (Å²) in [4.78, 5) is 32.4. The summed E-state index contributed by atoms with van der Waals surface area (Å²) < 4.78 is 0. The molecule has 0 aliphatic carbocycles. The van der Waals surface area contributed by atoms with E-state index in [9.17, 15) is 9.59 Å². The van der Waals surface area contributed by atoms with Crippen LogP contribution in [-0.4, -0.2) is 63.9 Å². The van der Waals surface area contributed by atoms with Crippen molar-refractivity contribution in [2.45, 2.75) is 170 Å². The molecule has 2 amide bonds. The molecule has 0 bridgehead atoms. The van der Waals surface area contributed by atoms with Gasteiger partial charge in [-0.1, -0.05) is 142 Å². The Bertz CT molecular complexity index is 968. The first kappa shape index (κ1) is 40.6. The largest absolute Gasteiger partial charge is 0.339 e. The molecule has 0 N–H and O–H groups in total. The minimum atomic E-state index is -2.00. The Labute approximate surface area is 276 Å². The molecule has 0 atom stereocenters. The van der Waals surface area contributed by atoms with Crippen LogP contribution < -0.4 is 10.4 Å².